The molecule has 3 nitrogen and oxygen atoms in total. The summed E-state index contributed by atoms with van der Waals surface area (Å²) in [4.78, 5) is 7.29. The minimum atomic E-state index is -0.243. The molecular formula is C5H8ClN3. The van der Waals surface area contributed by atoms with Crippen LogP contribution in [0.5, 0.6) is 0 Å². The molecule has 0 aliphatic rings. The van der Waals surface area contributed by atoms with Gasteiger partial charge in [-0.1, -0.05) is 11.6 Å². The highest BCUT2D eigenvalue weighted by atomic mass is 35.5. The van der Waals surface area contributed by atoms with Crippen molar-refractivity contribution in [3.8, 4) is 0 Å². The minimum Gasteiger partial charge on any atom is -0.307 e. The molecule has 4 heteroatoms. The van der Waals surface area contributed by atoms with Crippen LogP contribution in [0.4, 0.5) is 0 Å². The summed E-state index contributed by atoms with van der Waals surface area (Å²) in [6.45, 7) is 1.73. The van der Waals surface area contributed by atoms with E-state index in [-0.39, 0.29) is 5.50 Å². The van der Waals surface area contributed by atoms with Crippen molar-refractivity contribution in [3.63, 3.8) is 0 Å². The second-order valence-electron chi connectivity index (χ2n) is 1.30. The summed E-state index contributed by atoms with van der Waals surface area (Å²) in [5.41, 5.74) is -0.243. The number of alkyl halides is 1. The summed E-state index contributed by atoms with van der Waals surface area (Å²) < 4.78 is 0. The molecule has 1 unspecified atom stereocenters. The van der Waals surface area contributed by atoms with Crippen molar-refractivity contribution in [1.29, 1.82) is 5.41 Å². The molecule has 0 bridgehead atoms. The van der Waals surface area contributed by atoms with Gasteiger partial charge < -0.3 is 5.41 Å². The monoisotopic (exact) mass is 145 g/mol. The van der Waals surface area contributed by atoms with Crippen LogP contribution in [0, 0.1) is 5.41 Å². The Morgan fingerprint density at radius 2 is 2.33 bits per heavy atom. The van der Waals surface area contributed by atoms with Gasteiger partial charge in [0.15, 0.2) is 0 Å². The first kappa shape index (κ1) is 8.30. The lowest BCUT2D eigenvalue weighted by Crippen LogP contribution is -1.83. The van der Waals surface area contributed by atoms with E-state index in [2.05, 4.69) is 9.98 Å². The predicted molar refractivity (Wildman–Crippen MR) is 41.1 cm³/mol. The van der Waals surface area contributed by atoms with E-state index in [0.717, 1.165) is 6.21 Å². The molecular weight excluding hydrogens is 138 g/mol. The quantitative estimate of drug-likeness (QED) is 0.270. The van der Waals surface area contributed by atoms with Crippen molar-refractivity contribution in [2.45, 2.75) is 12.4 Å². The van der Waals surface area contributed by atoms with Crippen LogP contribution >= 0.6 is 11.6 Å². The summed E-state index contributed by atoms with van der Waals surface area (Å²) in [6.07, 6.45) is 3.72. The van der Waals surface area contributed by atoms with E-state index >= 15 is 0 Å². The molecule has 0 rings (SSSR count). The summed E-state index contributed by atoms with van der Waals surface area (Å²) in [5.74, 6) is 0. The van der Waals surface area contributed by atoms with Crippen LogP contribution < -0.4 is 0 Å². The van der Waals surface area contributed by atoms with Gasteiger partial charge in [-0.25, -0.2) is 4.99 Å². The number of hydrogen-bond acceptors (Lipinski definition) is 2. The molecule has 0 saturated carbocycles. The van der Waals surface area contributed by atoms with Crippen LogP contribution in [0.1, 0.15) is 6.92 Å². The van der Waals surface area contributed by atoms with E-state index in [4.69, 9.17) is 17.0 Å². The highest BCUT2D eigenvalue weighted by Gasteiger charge is 1.82. The molecule has 0 aromatic heterocycles. The lowest BCUT2D eigenvalue weighted by atomic mass is 10.8. The Kier molecular flexibility index (Phi) is 5.01. The molecule has 0 radical (unpaired) electrons. The number of rotatable bonds is 3. The molecule has 0 saturated heterocycles. The first-order valence-corrected chi connectivity index (χ1v) is 2.89. The Morgan fingerprint density at radius 1 is 1.67 bits per heavy atom. The lowest BCUT2D eigenvalue weighted by molar-refractivity contribution is 1.03. The first-order chi connectivity index (χ1) is 4.27. The van der Waals surface area contributed by atoms with Gasteiger partial charge in [0.25, 0.3) is 0 Å². The second-order valence-corrected chi connectivity index (χ2v) is 1.93. The minimum absolute atomic E-state index is 0.243. The SMILES string of the molecule is CC(Cl)/N=C\N=C\C=N. The van der Waals surface area contributed by atoms with E-state index < -0.39 is 0 Å². The predicted octanol–water partition coefficient (Wildman–Crippen LogP) is 1.32. The smallest absolute Gasteiger partial charge is 0.122 e. The van der Waals surface area contributed by atoms with Gasteiger partial charge in [-0.15, -0.1) is 0 Å². The second kappa shape index (κ2) is 5.44. The van der Waals surface area contributed by atoms with E-state index in [1.807, 2.05) is 0 Å². The van der Waals surface area contributed by atoms with Gasteiger partial charge in [-0.05, 0) is 6.92 Å². The zero-order valence-corrected chi connectivity index (χ0v) is 5.84. The summed E-state index contributed by atoms with van der Waals surface area (Å²) in [5, 5.41) is 6.52. The van der Waals surface area contributed by atoms with Gasteiger partial charge in [0, 0.05) is 12.4 Å². The Labute approximate surface area is 59.0 Å². The third-order valence-electron chi connectivity index (χ3n) is 0.499. The highest BCUT2D eigenvalue weighted by Crippen LogP contribution is 1.91. The van der Waals surface area contributed by atoms with Gasteiger partial charge in [-0.2, -0.15) is 0 Å². The van der Waals surface area contributed by atoms with Crippen LogP contribution in [0.15, 0.2) is 9.98 Å². The number of hydrogen-bond donors (Lipinski definition) is 1. The van der Waals surface area contributed by atoms with Crippen molar-refractivity contribution in [2.24, 2.45) is 9.98 Å². The van der Waals surface area contributed by atoms with Crippen molar-refractivity contribution in [1.82, 2.24) is 0 Å². The summed E-state index contributed by atoms with van der Waals surface area (Å²) in [6, 6.07) is 0. The van der Waals surface area contributed by atoms with Gasteiger partial charge >= 0.3 is 0 Å². The molecule has 50 valence electrons. The Morgan fingerprint density at radius 3 is 2.78 bits per heavy atom. The molecule has 9 heavy (non-hydrogen) atoms. The van der Waals surface area contributed by atoms with Crippen LogP contribution in [-0.4, -0.2) is 24.3 Å². The molecule has 0 heterocycles. The first-order valence-electron chi connectivity index (χ1n) is 2.45. The molecule has 0 aliphatic heterocycles. The lowest BCUT2D eigenvalue weighted by Gasteiger charge is -1.85. The van der Waals surface area contributed by atoms with E-state index in [9.17, 15) is 0 Å². The van der Waals surface area contributed by atoms with Crippen LogP contribution in [-0.2, 0) is 0 Å². The zero-order chi connectivity index (χ0) is 7.11. The van der Waals surface area contributed by atoms with Gasteiger partial charge in [0.1, 0.15) is 11.8 Å². The fourth-order valence-electron chi connectivity index (χ4n) is 0.212. The number of halogens is 1. The normalized spacial score (nSPS) is 14.9. The van der Waals surface area contributed by atoms with E-state index in [1.54, 1.807) is 6.92 Å². The molecule has 1 atom stereocenters. The third kappa shape index (κ3) is 7.30. The molecule has 0 aliphatic carbocycles. The van der Waals surface area contributed by atoms with Crippen LogP contribution in [0.25, 0.3) is 0 Å². The Balaban J connectivity index is 3.46. The van der Waals surface area contributed by atoms with Gasteiger partial charge in [0.2, 0.25) is 0 Å². The number of aliphatic imine (C=N–C) groups is 2. The van der Waals surface area contributed by atoms with Crippen molar-refractivity contribution < 1.29 is 0 Å². The maximum Gasteiger partial charge on any atom is 0.122 e. The van der Waals surface area contributed by atoms with Crippen LogP contribution in [0.2, 0.25) is 0 Å². The highest BCUT2D eigenvalue weighted by molar-refractivity contribution is 6.20. The third-order valence-corrected chi connectivity index (χ3v) is 0.612. The fraction of sp³-hybridized carbons (Fsp3) is 0.400. The van der Waals surface area contributed by atoms with Crippen LogP contribution in [0.3, 0.4) is 0 Å². The number of nitrogens with one attached hydrogen (secondary N) is 1. The van der Waals surface area contributed by atoms with Gasteiger partial charge in [-0.3, -0.25) is 4.99 Å². The van der Waals surface area contributed by atoms with Gasteiger partial charge in [0.05, 0.1) is 0 Å². The molecule has 0 aromatic rings. The summed E-state index contributed by atoms with van der Waals surface area (Å²) in [7, 11) is 0. The largest absolute Gasteiger partial charge is 0.307 e. The number of nitrogens with zero attached hydrogens (tertiary/aromatic N) is 2. The fourth-order valence-corrected chi connectivity index (χ4v) is 0.262. The maximum atomic E-state index is 6.52. The average molecular weight is 146 g/mol. The molecule has 0 spiro atoms. The van der Waals surface area contributed by atoms with E-state index in [0.29, 0.717) is 0 Å². The Hall–Kier alpha value is -0.700. The zero-order valence-electron chi connectivity index (χ0n) is 5.08. The van der Waals surface area contributed by atoms with Crippen molar-refractivity contribution >= 4 is 30.4 Å². The van der Waals surface area contributed by atoms with Crippen molar-refractivity contribution in [3.05, 3.63) is 0 Å². The molecule has 0 aromatic carbocycles. The maximum absolute atomic E-state index is 6.52. The standard InChI is InChI=1S/C5H8ClN3/c1-5(6)9-4-8-3-2-7/h2-5,7H,1H3/b7-2?,8-3+,9-4-. The molecule has 1 N–H and O–H groups in total. The Bertz CT molecular complexity index is 128. The summed E-state index contributed by atoms with van der Waals surface area (Å²) >= 11 is 5.43. The molecule has 0 amide bonds. The topological polar surface area (TPSA) is 48.6 Å². The van der Waals surface area contributed by atoms with Crippen molar-refractivity contribution in [2.75, 3.05) is 0 Å². The average Bonchev–Trinajstić information content (AvgIpc) is 1.80. The van der Waals surface area contributed by atoms with E-state index in [1.165, 1.54) is 12.6 Å². The molecule has 0 fully saturated rings.